The predicted octanol–water partition coefficient (Wildman–Crippen LogP) is 8.40. The minimum Gasteiger partial charge on any atom is -0.497 e. The number of fused-ring (bicyclic) bond motifs is 1. The van der Waals surface area contributed by atoms with Gasteiger partial charge < -0.3 is 18.6 Å². The number of hydrogen-bond acceptors (Lipinski definition) is 5. The lowest BCUT2D eigenvalue weighted by molar-refractivity contribution is -0.00430. The molecule has 0 bridgehead atoms. The van der Waals surface area contributed by atoms with Gasteiger partial charge >= 0.3 is 5.97 Å². The summed E-state index contributed by atoms with van der Waals surface area (Å²) in [6.45, 7) is 14.5. The third-order valence-electron chi connectivity index (χ3n) is 7.94. The molecule has 0 N–H and O–H groups in total. The van der Waals surface area contributed by atoms with Crippen molar-refractivity contribution in [3.8, 4) is 11.5 Å². The van der Waals surface area contributed by atoms with E-state index in [2.05, 4.69) is 33.9 Å². The van der Waals surface area contributed by atoms with Crippen molar-refractivity contribution in [3.05, 3.63) is 23.3 Å². The first-order valence-corrected chi connectivity index (χ1v) is 16.5. The van der Waals surface area contributed by atoms with Crippen molar-refractivity contribution in [3.63, 3.8) is 0 Å². The fourth-order valence-electron chi connectivity index (χ4n) is 4.52. The van der Waals surface area contributed by atoms with E-state index < -0.39 is 13.9 Å². The van der Waals surface area contributed by atoms with Crippen LogP contribution in [-0.2, 0) is 14.8 Å². The van der Waals surface area contributed by atoms with Crippen molar-refractivity contribution < 1.29 is 23.4 Å². The molecule has 0 radical (unpaired) electrons. The second-order valence-electron chi connectivity index (χ2n) is 11.8. The molecule has 0 amide bonds. The minimum atomic E-state index is -1.58. The molecular weight excluding hydrogens is 456 g/mol. The van der Waals surface area contributed by atoms with E-state index in [9.17, 15) is 4.79 Å². The Labute approximate surface area is 215 Å². The first-order valence-electron chi connectivity index (χ1n) is 13.6. The number of methoxy groups -OCH3 is 2. The van der Waals surface area contributed by atoms with E-state index in [1.807, 2.05) is 13.0 Å². The zero-order valence-electron chi connectivity index (χ0n) is 23.7. The molecule has 1 aromatic rings. The summed E-state index contributed by atoms with van der Waals surface area (Å²) in [4.78, 5) is 12.5. The van der Waals surface area contributed by atoms with Gasteiger partial charge in [0.2, 0.25) is 0 Å². The fraction of sp³-hybridized carbons (Fsp3) is 0.759. The molecule has 200 valence electrons. The van der Waals surface area contributed by atoms with Gasteiger partial charge in [0.05, 0.1) is 14.2 Å². The van der Waals surface area contributed by atoms with Crippen LogP contribution >= 0.6 is 0 Å². The molecule has 2 rings (SSSR count). The predicted molar refractivity (Wildman–Crippen MR) is 146 cm³/mol. The summed E-state index contributed by atoms with van der Waals surface area (Å²) in [5.74, 6) is 0.915. The number of ether oxygens (including phenoxy) is 3. The highest BCUT2D eigenvalue weighted by Gasteiger charge is 2.43. The molecule has 0 aliphatic carbocycles. The van der Waals surface area contributed by atoms with Gasteiger partial charge in [-0.25, -0.2) is 4.79 Å². The monoisotopic (exact) mass is 506 g/mol. The number of cyclic esters (lactones) is 1. The van der Waals surface area contributed by atoms with Gasteiger partial charge in [-0.1, -0.05) is 72.1 Å². The summed E-state index contributed by atoms with van der Waals surface area (Å²) in [7, 11) is 1.62. The summed E-state index contributed by atoms with van der Waals surface area (Å²) >= 11 is 0. The first-order chi connectivity index (χ1) is 16.4. The molecule has 1 aromatic carbocycles. The van der Waals surface area contributed by atoms with Crippen molar-refractivity contribution in [1.82, 2.24) is 0 Å². The quantitative estimate of drug-likeness (QED) is 0.128. The SMILES string of the molecule is COc1cc(OC)c2c(c1)C(C)(CCCCCCCCCCCCO[Si](C)(C)C(C)(C)C)OC2=O. The van der Waals surface area contributed by atoms with E-state index in [0.717, 1.165) is 31.4 Å². The summed E-state index contributed by atoms with van der Waals surface area (Å²) in [5.41, 5.74) is 0.818. The summed E-state index contributed by atoms with van der Waals surface area (Å²) in [5, 5.41) is 0.303. The lowest BCUT2D eigenvalue weighted by atomic mass is 9.88. The minimum absolute atomic E-state index is 0.298. The Bertz CT molecular complexity index is 814. The van der Waals surface area contributed by atoms with Crippen molar-refractivity contribution >= 4 is 14.3 Å². The molecule has 1 aliphatic heterocycles. The van der Waals surface area contributed by atoms with E-state index >= 15 is 0 Å². The van der Waals surface area contributed by atoms with Gasteiger partial charge in [0.1, 0.15) is 22.7 Å². The molecule has 0 aromatic heterocycles. The Hall–Kier alpha value is -1.53. The van der Waals surface area contributed by atoms with Crippen LogP contribution in [0.15, 0.2) is 12.1 Å². The van der Waals surface area contributed by atoms with Crippen LogP contribution < -0.4 is 9.47 Å². The number of rotatable bonds is 16. The van der Waals surface area contributed by atoms with Gasteiger partial charge in [-0.2, -0.15) is 0 Å². The number of carbonyl (C=O) groups excluding carboxylic acids is 1. The third-order valence-corrected chi connectivity index (χ3v) is 12.5. The smallest absolute Gasteiger partial charge is 0.343 e. The first kappa shape index (κ1) is 29.7. The Morgan fingerprint density at radius 3 is 1.91 bits per heavy atom. The second-order valence-corrected chi connectivity index (χ2v) is 16.6. The highest BCUT2D eigenvalue weighted by atomic mass is 28.4. The molecule has 0 saturated heterocycles. The molecule has 1 atom stereocenters. The van der Waals surface area contributed by atoms with Gasteiger partial charge in [-0.05, 0) is 50.4 Å². The van der Waals surface area contributed by atoms with Crippen LogP contribution in [0.4, 0.5) is 0 Å². The topological polar surface area (TPSA) is 54.0 Å². The maximum atomic E-state index is 12.5. The Balaban J connectivity index is 1.57. The fourth-order valence-corrected chi connectivity index (χ4v) is 5.60. The van der Waals surface area contributed by atoms with Crippen LogP contribution in [-0.4, -0.2) is 35.1 Å². The number of unbranched alkanes of at least 4 members (excludes halogenated alkanes) is 9. The summed E-state index contributed by atoms with van der Waals surface area (Å²) in [6, 6.07) is 3.66. The van der Waals surface area contributed by atoms with Crippen LogP contribution in [0.1, 0.15) is 114 Å². The zero-order chi connectivity index (χ0) is 26.1. The highest BCUT2D eigenvalue weighted by Crippen LogP contribution is 2.45. The normalized spacial score (nSPS) is 17.9. The molecular formula is C29H50O5Si. The van der Waals surface area contributed by atoms with Crippen molar-refractivity contribution in [2.75, 3.05) is 20.8 Å². The van der Waals surface area contributed by atoms with Crippen molar-refractivity contribution in [2.24, 2.45) is 0 Å². The lowest BCUT2D eigenvalue weighted by Gasteiger charge is -2.36. The largest absolute Gasteiger partial charge is 0.497 e. The number of hydrogen-bond donors (Lipinski definition) is 0. The van der Waals surface area contributed by atoms with Crippen LogP contribution in [0.25, 0.3) is 0 Å². The Morgan fingerprint density at radius 1 is 0.857 bits per heavy atom. The van der Waals surface area contributed by atoms with Gasteiger partial charge in [0, 0.05) is 18.2 Å². The van der Waals surface area contributed by atoms with Crippen LogP contribution in [0.3, 0.4) is 0 Å². The lowest BCUT2D eigenvalue weighted by Crippen LogP contribution is -2.40. The van der Waals surface area contributed by atoms with Crippen molar-refractivity contribution in [2.45, 2.75) is 122 Å². The standard InChI is InChI=1S/C29H50O5Si/c1-28(2,3)35(7,8)33-20-18-16-14-12-10-9-11-13-15-17-19-29(4)24-21-23(31-5)22-25(32-6)26(24)27(30)34-29/h21-22H,9-20H2,1-8H3. The third kappa shape index (κ3) is 8.24. The van der Waals surface area contributed by atoms with Gasteiger partial charge in [0.15, 0.2) is 8.32 Å². The molecule has 0 fully saturated rings. The number of benzene rings is 1. The Kier molecular flexibility index (Phi) is 11.1. The molecule has 0 saturated carbocycles. The molecule has 1 heterocycles. The molecule has 5 nitrogen and oxygen atoms in total. The maximum Gasteiger partial charge on any atom is 0.343 e. The summed E-state index contributed by atoms with van der Waals surface area (Å²) in [6.07, 6.45) is 13.3. The zero-order valence-corrected chi connectivity index (χ0v) is 24.7. The van der Waals surface area contributed by atoms with E-state index in [0.29, 0.717) is 22.1 Å². The maximum absolute atomic E-state index is 12.5. The highest BCUT2D eigenvalue weighted by molar-refractivity contribution is 6.74. The average Bonchev–Trinajstić information content (AvgIpc) is 3.05. The van der Waals surface area contributed by atoms with Gasteiger partial charge in [-0.3, -0.25) is 0 Å². The Morgan fingerprint density at radius 2 is 1.40 bits per heavy atom. The molecule has 0 spiro atoms. The van der Waals surface area contributed by atoms with Crippen LogP contribution in [0.5, 0.6) is 11.5 Å². The van der Waals surface area contributed by atoms with Crippen LogP contribution in [0, 0.1) is 0 Å². The van der Waals surface area contributed by atoms with Gasteiger partial charge in [-0.15, -0.1) is 0 Å². The van der Waals surface area contributed by atoms with E-state index in [1.54, 1.807) is 20.3 Å². The van der Waals surface area contributed by atoms with E-state index in [1.165, 1.54) is 51.4 Å². The molecule has 1 unspecified atom stereocenters. The van der Waals surface area contributed by atoms with Crippen LogP contribution in [0.2, 0.25) is 18.1 Å². The van der Waals surface area contributed by atoms with Gasteiger partial charge in [0.25, 0.3) is 0 Å². The number of esters is 1. The molecule has 35 heavy (non-hydrogen) atoms. The summed E-state index contributed by atoms with van der Waals surface area (Å²) < 4.78 is 22.9. The molecule has 1 aliphatic rings. The molecule has 6 heteroatoms. The van der Waals surface area contributed by atoms with E-state index in [-0.39, 0.29) is 5.97 Å². The number of carbonyl (C=O) groups is 1. The van der Waals surface area contributed by atoms with E-state index in [4.69, 9.17) is 18.6 Å². The van der Waals surface area contributed by atoms with Crippen molar-refractivity contribution in [1.29, 1.82) is 0 Å². The second kappa shape index (κ2) is 13.1. The average molecular weight is 507 g/mol.